The summed E-state index contributed by atoms with van der Waals surface area (Å²) in [4.78, 5) is 43.9. The first-order valence-corrected chi connectivity index (χ1v) is 11.2. The Kier molecular flexibility index (Phi) is 6.36. The van der Waals surface area contributed by atoms with E-state index in [0.717, 1.165) is 24.8 Å². The average molecular weight is 426 g/mol. The number of nitrogens with zero attached hydrogens (tertiary/aromatic N) is 5. The second-order valence-electron chi connectivity index (χ2n) is 8.69. The summed E-state index contributed by atoms with van der Waals surface area (Å²) in [5.41, 5.74) is 0.465. The minimum atomic E-state index is -0.159. The Morgan fingerprint density at radius 1 is 1.00 bits per heavy atom. The Morgan fingerprint density at radius 3 is 2.42 bits per heavy atom. The van der Waals surface area contributed by atoms with E-state index in [-0.39, 0.29) is 23.8 Å². The van der Waals surface area contributed by atoms with E-state index in [4.69, 9.17) is 0 Å². The van der Waals surface area contributed by atoms with E-state index < -0.39 is 0 Å². The summed E-state index contributed by atoms with van der Waals surface area (Å²) in [7, 11) is 1.61. The molecule has 2 aromatic rings. The summed E-state index contributed by atoms with van der Waals surface area (Å²) < 4.78 is 1.30. The van der Waals surface area contributed by atoms with Gasteiger partial charge in [-0.3, -0.25) is 19.3 Å². The fourth-order valence-electron chi connectivity index (χ4n) is 4.67. The summed E-state index contributed by atoms with van der Waals surface area (Å²) >= 11 is 0. The van der Waals surface area contributed by atoms with Crippen molar-refractivity contribution >= 4 is 22.6 Å². The molecule has 0 saturated carbocycles. The minimum absolute atomic E-state index is 0.00642. The van der Waals surface area contributed by atoms with Crippen molar-refractivity contribution in [3.05, 3.63) is 40.3 Å². The van der Waals surface area contributed by atoms with Gasteiger partial charge in [0.2, 0.25) is 11.8 Å². The van der Waals surface area contributed by atoms with Crippen molar-refractivity contribution in [1.29, 1.82) is 0 Å². The van der Waals surface area contributed by atoms with Crippen molar-refractivity contribution in [1.82, 2.24) is 24.5 Å². The first-order valence-electron chi connectivity index (χ1n) is 11.2. The molecule has 2 aliphatic heterocycles. The lowest BCUT2D eigenvalue weighted by Crippen LogP contribution is -2.53. The van der Waals surface area contributed by atoms with Crippen molar-refractivity contribution in [2.24, 2.45) is 7.05 Å². The summed E-state index contributed by atoms with van der Waals surface area (Å²) in [5, 5.41) is 5.66. The summed E-state index contributed by atoms with van der Waals surface area (Å²) in [6, 6.07) is 7.62. The van der Waals surface area contributed by atoms with E-state index in [1.807, 2.05) is 28.0 Å². The van der Waals surface area contributed by atoms with Gasteiger partial charge in [0.1, 0.15) is 0 Å². The zero-order valence-corrected chi connectivity index (χ0v) is 18.4. The summed E-state index contributed by atoms with van der Waals surface area (Å²) in [6.45, 7) is 6.02. The zero-order chi connectivity index (χ0) is 22.0. The van der Waals surface area contributed by atoms with Crippen LogP contribution in [0, 0.1) is 0 Å². The van der Waals surface area contributed by atoms with Gasteiger partial charge in [0.15, 0.2) is 0 Å². The minimum Gasteiger partial charge on any atom is -0.340 e. The Hall–Kier alpha value is -2.74. The number of piperazine rings is 1. The molecule has 0 aliphatic carbocycles. The molecule has 1 unspecified atom stereocenters. The van der Waals surface area contributed by atoms with Gasteiger partial charge in [-0.1, -0.05) is 18.2 Å². The largest absolute Gasteiger partial charge is 0.340 e. The van der Waals surface area contributed by atoms with Crippen LogP contribution >= 0.6 is 0 Å². The van der Waals surface area contributed by atoms with Crippen LogP contribution in [0.3, 0.4) is 0 Å². The molecule has 4 rings (SSSR count). The quantitative estimate of drug-likeness (QED) is 0.731. The second-order valence-corrected chi connectivity index (χ2v) is 8.69. The molecule has 166 valence electrons. The van der Waals surface area contributed by atoms with Gasteiger partial charge in [-0.25, -0.2) is 4.68 Å². The molecule has 1 aromatic heterocycles. The Morgan fingerprint density at radius 2 is 1.71 bits per heavy atom. The molecular formula is C23H31N5O3. The highest BCUT2D eigenvalue weighted by Gasteiger charge is 2.27. The topological polar surface area (TPSA) is 78.8 Å². The number of fused-ring (bicyclic) bond motifs is 1. The number of hydrogen-bond acceptors (Lipinski definition) is 5. The molecule has 8 heteroatoms. The van der Waals surface area contributed by atoms with E-state index in [1.54, 1.807) is 13.1 Å². The fourth-order valence-corrected chi connectivity index (χ4v) is 4.67. The molecule has 1 atom stereocenters. The molecule has 0 spiro atoms. The van der Waals surface area contributed by atoms with E-state index >= 15 is 0 Å². The van der Waals surface area contributed by atoms with Gasteiger partial charge >= 0.3 is 0 Å². The van der Waals surface area contributed by atoms with E-state index in [9.17, 15) is 14.4 Å². The van der Waals surface area contributed by atoms with Crippen molar-refractivity contribution in [3.8, 4) is 0 Å². The van der Waals surface area contributed by atoms with E-state index in [1.165, 1.54) is 11.1 Å². The lowest BCUT2D eigenvalue weighted by molar-refractivity contribution is -0.137. The number of amides is 2. The van der Waals surface area contributed by atoms with Crippen LogP contribution in [-0.2, 0) is 23.1 Å². The number of likely N-dealkylation sites (tertiary alicyclic amines) is 1. The highest BCUT2D eigenvalue weighted by atomic mass is 16.2. The van der Waals surface area contributed by atoms with Crippen LogP contribution in [-0.4, -0.2) is 81.6 Å². The van der Waals surface area contributed by atoms with Crippen LogP contribution in [0.2, 0.25) is 0 Å². The fraction of sp³-hybridized carbons (Fsp3) is 0.565. The summed E-state index contributed by atoms with van der Waals surface area (Å²) in [6.07, 6.45) is 3.54. The van der Waals surface area contributed by atoms with Crippen LogP contribution in [0.1, 0.15) is 31.9 Å². The molecular weight excluding hydrogens is 394 g/mol. The highest BCUT2D eigenvalue weighted by Crippen LogP contribution is 2.18. The zero-order valence-electron chi connectivity index (χ0n) is 18.4. The number of carbonyl (C=O) groups is 2. The van der Waals surface area contributed by atoms with Gasteiger partial charge in [-0.2, -0.15) is 5.10 Å². The molecule has 0 radical (unpaired) electrons. The number of hydrogen-bond donors (Lipinski definition) is 0. The van der Waals surface area contributed by atoms with Crippen molar-refractivity contribution in [2.75, 3.05) is 39.3 Å². The number of aryl methyl sites for hydroxylation is 1. The molecule has 8 nitrogen and oxygen atoms in total. The third-order valence-electron chi connectivity index (χ3n) is 6.56. The number of piperidine rings is 1. The first-order chi connectivity index (χ1) is 14.9. The molecule has 2 aliphatic rings. The van der Waals surface area contributed by atoms with Gasteiger partial charge in [0.25, 0.3) is 5.56 Å². The Bertz CT molecular complexity index is 1030. The van der Waals surface area contributed by atoms with Crippen LogP contribution in [0.25, 0.3) is 10.8 Å². The average Bonchev–Trinajstić information content (AvgIpc) is 2.78. The molecule has 2 fully saturated rings. The van der Waals surface area contributed by atoms with E-state index in [2.05, 4.69) is 16.9 Å². The van der Waals surface area contributed by atoms with Crippen molar-refractivity contribution in [3.63, 3.8) is 0 Å². The maximum absolute atomic E-state index is 12.9. The Labute approximate surface area is 182 Å². The molecule has 2 amide bonds. The molecule has 31 heavy (non-hydrogen) atoms. The van der Waals surface area contributed by atoms with Crippen LogP contribution in [0.5, 0.6) is 0 Å². The standard InChI is InChI=1S/C23H31N5O3/c1-17-7-5-6-10-28(17)22(30)16-26-11-13-27(14-12-26)21(29)15-20-18-8-3-4-9-19(18)23(31)25(2)24-20/h3-4,8-9,17H,5-7,10-16H2,1-2H3. The van der Waals surface area contributed by atoms with E-state index in [0.29, 0.717) is 49.8 Å². The molecule has 0 bridgehead atoms. The number of aromatic nitrogens is 2. The van der Waals surface area contributed by atoms with Crippen molar-refractivity contribution in [2.45, 2.75) is 38.6 Å². The number of carbonyl (C=O) groups excluding carboxylic acids is 2. The Balaban J connectivity index is 1.35. The van der Waals surface area contributed by atoms with Crippen LogP contribution in [0.15, 0.2) is 29.1 Å². The second kappa shape index (κ2) is 9.18. The lowest BCUT2D eigenvalue weighted by atomic mass is 10.0. The molecule has 0 N–H and O–H groups in total. The maximum Gasteiger partial charge on any atom is 0.274 e. The predicted octanol–water partition coefficient (Wildman–Crippen LogP) is 1.02. The SMILES string of the molecule is CC1CCCCN1C(=O)CN1CCN(C(=O)Cc2nn(C)c(=O)c3ccccc23)CC1. The molecule has 2 saturated heterocycles. The monoisotopic (exact) mass is 425 g/mol. The van der Waals surface area contributed by atoms with Crippen LogP contribution < -0.4 is 5.56 Å². The van der Waals surface area contributed by atoms with Gasteiger partial charge in [-0.15, -0.1) is 0 Å². The third-order valence-corrected chi connectivity index (χ3v) is 6.56. The predicted molar refractivity (Wildman–Crippen MR) is 119 cm³/mol. The third kappa shape index (κ3) is 4.63. The van der Waals surface area contributed by atoms with Gasteiger partial charge in [0, 0.05) is 51.2 Å². The summed E-state index contributed by atoms with van der Waals surface area (Å²) in [5.74, 6) is 0.208. The number of benzene rings is 1. The molecule has 1 aromatic carbocycles. The maximum atomic E-state index is 12.9. The van der Waals surface area contributed by atoms with Gasteiger partial charge in [-0.05, 0) is 32.3 Å². The normalized spacial score (nSPS) is 20.3. The lowest BCUT2D eigenvalue weighted by Gasteiger charge is -2.38. The van der Waals surface area contributed by atoms with Crippen molar-refractivity contribution < 1.29 is 9.59 Å². The molecule has 3 heterocycles. The van der Waals surface area contributed by atoms with Crippen LogP contribution in [0.4, 0.5) is 0 Å². The smallest absolute Gasteiger partial charge is 0.274 e. The number of rotatable bonds is 4. The first kappa shape index (κ1) is 21.5. The highest BCUT2D eigenvalue weighted by molar-refractivity contribution is 5.88. The van der Waals surface area contributed by atoms with Gasteiger partial charge < -0.3 is 9.80 Å². The van der Waals surface area contributed by atoms with Gasteiger partial charge in [0.05, 0.1) is 24.0 Å².